The fourth-order valence-corrected chi connectivity index (χ4v) is 0.917. The molecule has 0 bridgehead atoms. The highest BCUT2D eigenvalue weighted by atomic mass is 16.3. The summed E-state index contributed by atoms with van der Waals surface area (Å²) < 4.78 is 0. The van der Waals surface area contributed by atoms with Crippen molar-refractivity contribution >= 4 is 11.9 Å². The minimum Gasteiger partial charge on any atom is -0.508 e. The summed E-state index contributed by atoms with van der Waals surface area (Å²) in [7, 11) is 0. The van der Waals surface area contributed by atoms with Crippen molar-refractivity contribution in [3.8, 4) is 11.5 Å². The maximum Gasteiger partial charge on any atom is 0.330 e. The third-order valence-electron chi connectivity index (χ3n) is 1.46. The molecule has 0 unspecified atom stereocenters. The van der Waals surface area contributed by atoms with E-state index in [-0.39, 0.29) is 17.1 Å². The van der Waals surface area contributed by atoms with Gasteiger partial charge in [-0.25, -0.2) is 10.2 Å². The molecule has 7 nitrogen and oxygen atoms in total. The summed E-state index contributed by atoms with van der Waals surface area (Å²) in [6, 6.07) is 2.39. The fraction of sp³-hybridized carbons (Fsp3) is 0. The molecule has 0 fully saturated rings. The number of urea groups is 1. The zero-order valence-electron chi connectivity index (χ0n) is 7.52. The first-order chi connectivity index (χ1) is 6.99. The Balaban J connectivity index is 2.77. The van der Waals surface area contributed by atoms with Crippen LogP contribution in [0, 0.1) is 0 Å². The van der Waals surface area contributed by atoms with Crippen molar-refractivity contribution in [2.24, 2.45) is 5.73 Å². The van der Waals surface area contributed by atoms with Crippen LogP contribution >= 0.6 is 0 Å². The summed E-state index contributed by atoms with van der Waals surface area (Å²) in [5, 5.41) is 18.1. The Morgan fingerprint density at radius 3 is 2.07 bits per heavy atom. The minimum absolute atomic E-state index is 0.0127. The lowest BCUT2D eigenvalue weighted by atomic mass is 10.2. The molecule has 0 aliphatic heterocycles. The zero-order valence-corrected chi connectivity index (χ0v) is 7.52. The van der Waals surface area contributed by atoms with Crippen LogP contribution in [-0.4, -0.2) is 22.2 Å². The van der Waals surface area contributed by atoms with E-state index in [1.807, 2.05) is 10.9 Å². The van der Waals surface area contributed by atoms with Gasteiger partial charge in [-0.2, -0.15) is 0 Å². The van der Waals surface area contributed by atoms with Crippen LogP contribution in [0.4, 0.5) is 4.79 Å². The van der Waals surface area contributed by atoms with Gasteiger partial charge in [-0.05, 0) is 12.1 Å². The normalized spacial score (nSPS) is 9.33. The summed E-state index contributed by atoms with van der Waals surface area (Å²) in [6.45, 7) is 0. The number of aromatic hydroxyl groups is 2. The van der Waals surface area contributed by atoms with Crippen LogP contribution in [0.1, 0.15) is 10.4 Å². The second-order valence-electron chi connectivity index (χ2n) is 2.68. The topological polar surface area (TPSA) is 125 Å². The van der Waals surface area contributed by atoms with Crippen LogP contribution in [0.25, 0.3) is 0 Å². The van der Waals surface area contributed by atoms with Gasteiger partial charge in [0, 0.05) is 11.6 Å². The summed E-state index contributed by atoms with van der Waals surface area (Å²) in [5.41, 5.74) is 8.53. The molecule has 6 N–H and O–H groups in total. The molecule has 80 valence electrons. The van der Waals surface area contributed by atoms with E-state index in [0.717, 1.165) is 18.2 Å². The number of primary amides is 1. The molecule has 0 saturated carbocycles. The Kier molecular flexibility index (Phi) is 2.97. The minimum atomic E-state index is -0.923. The first-order valence-corrected chi connectivity index (χ1v) is 3.88. The molecule has 0 heterocycles. The largest absolute Gasteiger partial charge is 0.508 e. The molecule has 3 amide bonds. The standard InChI is InChI=1S/C8H9N3O4/c9-8(15)11-10-7(14)4-1-5(12)3-6(13)2-4/h1-3,12-13H,(H,10,14)(H3,9,11,15). The number of benzene rings is 1. The van der Waals surface area contributed by atoms with Crippen molar-refractivity contribution < 1.29 is 19.8 Å². The lowest BCUT2D eigenvalue weighted by Gasteiger charge is -2.05. The van der Waals surface area contributed by atoms with Crippen molar-refractivity contribution in [3.05, 3.63) is 23.8 Å². The van der Waals surface area contributed by atoms with E-state index >= 15 is 0 Å². The maximum absolute atomic E-state index is 11.2. The first-order valence-electron chi connectivity index (χ1n) is 3.88. The number of hydrogen-bond acceptors (Lipinski definition) is 4. The molecular formula is C8H9N3O4. The monoisotopic (exact) mass is 211 g/mol. The predicted molar refractivity (Wildman–Crippen MR) is 50.0 cm³/mol. The van der Waals surface area contributed by atoms with Gasteiger partial charge in [0.1, 0.15) is 11.5 Å². The number of hydrogen-bond donors (Lipinski definition) is 5. The van der Waals surface area contributed by atoms with E-state index in [9.17, 15) is 9.59 Å². The summed E-state index contributed by atoms with van der Waals surface area (Å²) in [5.74, 6) is -1.24. The highest BCUT2D eigenvalue weighted by molar-refractivity contribution is 5.95. The lowest BCUT2D eigenvalue weighted by Crippen LogP contribution is -2.44. The third-order valence-corrected chi connectivity index (χ3v) is 1.46. The van der Waals surface area contributed by atoms with Gasteiger partial charge in [0.2, 0.25) is 0 Å². The third kappa shape index (κ3) is 3.07. The smallest absolute Gasteiger partial charge is 0.330 e. The summed E-state index contributed by atoms with van der Waals surface area (Å²) >= 11 is 0. The van der Waals surface area contributed by atoms with Crippen molar-refractivity contribution in [1.82, 2.24) is 10.9 Å². The number of nitrogens with one attached hydrogen (secondary N) is 2. The van der Waals surface area contributed by atoms with Gasteiger partial charge in [-0.15, -0.1) is 0 Å². The fourth-order valence-electron chi connectivity index (χ4n) is 0.917. The van der Waals surface area contributed by atoms with Crippen LogP contribution in [-0.2, 0) is 0 Å². The molecule has 0 atom stereocenters. The van der Waals surface area contributed by atoms with E-state index in [2.05, 4.69) is 0 Å². The molecule has 1 rings (SSSR count). The number of phenols is 2. The number of nitrogens with two attached hydrogens (primary N) is 1. The Morgan fingerprint density at radius 1 is 1.07 bits per heavy atom. The van der Waals surface area contributed by atoms with Gasteiger partial charge in [0.25, 0.3) is 5.91 Å². The highest BCUT2D eigenvalue weighted by Gasteiger charge is 2.08. The number of carbonyl (C=O) groups excluding carboxylic acids is 2. The quantitative estimate of drug-likeness (QED) is 0.398. The van der Waals surface area contributed by atoms with Crippen LogP contribution in [0.2, 0.25) is 0 Å². The molecular weight excluding hydrogens is 202 g/mol. The SMILES string of the molecule is NC(=O)NNC(=O)c1cc(O)cc(O)c1. The van der Waals surface area contributed by atoms with Gasteiger partial charge < -0.3 is 15.9 Å². The van der Waals surface area contributed by atoms with Crippen LogP contribution < -0.4 is 16.6 Å². The molecule has 0 aliphatic rings. The van der Waals surface area contributed by atoms with E-state index in [4.69, 9.17) is 15.9 Å². The molecule has 0 radical (unpaired) electrons. The molecule has 15 heavy (non-hydrogen) atoms. The molecule has 0 saturated heterocycles. The van der Waals surface area contributed by atoms with Gasteiger partial charge >= 0.3 is 6.03 Å². The van der Waals surface area contributed by atoms with Gasteiger partial charge in [0.05, 0.1) is 0 Å². The van der Waals surface area contributed by atoms with E-state index in [1.165, 1.54) is 0 Å². The van der Waals surface area contributed by atoms with Gasteiger partial charge in [-0.1, -0.05) is 0 Å². The first kappa shape index (κ1) is 10.6. The Morgan fingerprint density at radius 2 is 1.60 bits per heavy atom. The highest BCUT2D eigenvalue weighted by Crippen LogP contribution is 2.19. The number of phenolic OH excluding ortho intramolecular Hbond substituents is 2. The van der Waals surface area contributed by atoms with Gasteiger partial charge in [0.15, 0.2) is 0 Å². The second-order valence-corrected chi connectivity index (χ2v) is 2.68. The Hall–Kier alpha value is -2.44. The molecule has 0 aliphatic carbocycles. The van der Waals surface area contributed by atoms with Crippen molar-refractivity contribution in [2.45, 2.75) is 0 Å². The van der Waals surface area contributed by atoms with Crippen LogP contribution in [0.15, 0.2) is 18.2 Å². The molecule has 0 aromatic heterocycles. The van der Waals surface area contributed by atoms with Crippen LogP contribution in [0.3, 0.4) is 0 Å². The second kappa shape index (κ2) is 4.18. The summed E-state index contributed by atoms with van der Waals surface area (Å²) in [4.78, 5) is 21.5. The van der Waals surface area contributed by atoms with Gasteiger partial charge in [-0.3, -0.25) is 10.2 Å². The average molecular weight is 211 g/mol. The number of amides is 3. The Bertz CT molecular complexity index is 385. The predicted octanol–water partition coefficient (Wildman–Crippen LogP) is -0.589. The average Bonchev–Trinajstić information content (AvgIpc) is 2.12. The van der Waals surface area contributed by atoms with Crippen molar-refractivity contribution in [1.29, 1.82) is 0 Å². The number of carbonyl (C=O) groups is 2. The zero-order chi connectivity index (χ0) is 11.4. The molecule has 1 aromatic carbocycles. The number of hydrazine groups is 1. The maximum atomic E-state index is 11.2. The lowest BCUT2D eigenvalue weighted by molar-refractivity contribution is 0.0936. The van der Waals surface area contributed by atoms with E-state index in [1.54, 1.807) is 0 Å². The van der Waals surface area contributed by atoms with E-state index < -0.39 is 11.9 Å². The van der Waals surface area contributed by atoms with Crippen molar-refractivity contribution in [3.63, 3.8) is 0 Å². The summed E-state index contributed by atoms with van der Waals surface area (Å²) in [6.07, 6.45) is 0. The molecule has 1 aromatic rings. The van der Waals surface area contributed by atoms with E-state index in [0.29, 0.717) is 0 Å². The Labute approximate surface area is 84.5 Å². The van der Waals surface area contributed by atoms with Crippen molar-refractivity contribution in [2.75, 3.05) is 0 Å². The molecule has 0 spiro atoms. The molecule has 7 heteroatoms. The number of rotatable bonds is 1. The van der Waals surface area contributed by atoms with Crippen LogP contribution in [0.5, 0.6) is 11.5 Å².